The van der Waals surface area contributed by atoms with Gasteiger partial charge in [0.15, 0.2) is 0 Å². The van der Waals surface area contributed by atoms with Crippen LogP contribution in [-0.2, 0) is 16.0 Å². The molecule has 0 spiro atoms. The fourth-order valence-corrected chi connectivity index (χ4v) is 3.10. The highest BCUT2D eigenvalue weighted by Crippen LogP contribution is 2.22. The van der Waals surface area contributed by atoms with Crippen LogP contribution in [0.15, 0.2) is 72.8 Å². The Morgan fingerprint density at radius 3 is 2.27 bits per heavy atom. The lowest BCUT2D eigenvalue weighted by Crippen LogP contribution is -2.51. The molecule has 3 aromatic rings. The maximum atomic E-state index is 12.4. The third kappa shape index (κ3) is 5.35. The fourth-order valence-electron chi connectivity index (χ4n) is 3.10. The summed E-state index contributed by atoms with van der Waals surface area (Å²) in [5.74, 6) is -1.72. The molecule has 0 saturated carbocycles. The number of fused-ring (bicyclic) bond motifs is 1. The Morgan fingerprint density at radius 2 is 1.53 bits per heavy atom. The predicted molar refractivity (Wildman–Crippen MR) is 115 cm³/mol. The normalized spacial score (nSPS) is 12.6. The van der Waals surface area contributed by atoms with Crippen molar-refractivity contribution in [1.82, 2.24) is 10.6 Å². The quantitative estimate of drug-likeness (QED) is 0.484. The van der Waals surface area contributed by atoms with Crippen molar-refractivity contribution < 1.29 is 19.5 Å². The van der Waals surface area contributed by atoms with Gasteiger partial charge in [0, 0.05) is 11.8 Å². The van der Waals surface area contributed by atoms with Gasteiger partial charge in [0.1, 0.15) is 12.1 Å². The summed E-state index contributed by atoms with van der Waals surface area (Å²) in [6, 6.07) is 19.6. The van der Waals surface area contributed by atoms with E-state index in [9.17, 15) is 19.5 Å². The van der Waals surface area contributed by atoms with Crippen molar-refractivity contribution in [2.75, 3.05) is 5.32 Å². The average molecular weight is 405 g/mol. The molecule has 3 amide bonds. The van der Waals surface area contributed by atoms with Gasteiger partial charge in [0.2, 0.25) is 5.91 Å². The van der Waals surface area contributed by atoms with Crippen molar-refractivity contribution >= 4 is 34.4 Å². The van der Waals surface area contributed by atoms with Gasteiger partial charge in [-0.3, -0.25) is 4.79 Å². The number of urea groups is 1. The number of aliphatic carboxylic acids is 1. The number of amides is 3. The lowest BCUT2D eigenvalue weighted by atomic mass is 10.1. The van der Waals surface area contributed by atoms with Gasteiger partial charge in [-0.1, -0.05) is 66.7 Å². The summed E-state index contributed by atoms with van der Waals surface area (Å²) in [5.41, 5.74) is 1.41. The average Bonchev–Trinajstić information content (AvgIpc) is 2.74. The van der Waals surface area contributed by atoms with Gasteiger partial charge < -0.3 is 21.1 Å². The van der Waals surface area contributed by atoms with Crippen molar-refractivity contribution in [3.63, 3.8) is 0 Å². The molecule has 2 atom stereocenters. The second-order valence-electron chi connectivity index (χ2n) is 6.94. The summed E-state index contributed by atoms with van der Waals surface area (Å²) >= 11 is 0. The largest absolute Gasteiger partial charge is 0.480 e. The van der Waals surface area contributed by atoms with Gasteiger partial charge >= 0.3 is 12.0 Å². The van der Waals surface area contributed by atoms with E-state index >= 15 is 0 Å². The Labute approximate surface area is 174 Å². The zero-order chi connectivity index (χ0) is 21.5. The molecule has 7 nitrogen and oxygen atoms in total. The van der Waals surface area contributed by atoms with Crippen molar-refractivity contribution in [1.29, 1.82) is 0 Å². The van der Waals surface area contributed by atoms with Gasteiger partial charge in [-0.2, -0.15) is 0 Å². The van der Waals surface area contributed by atoms with Crippen LogP contribution in [0.4, 0.5) is 10.5 Å². The number of hydrogen-bond donors (Lipinski definition) is 4. The number of hydrogen-bond acceptors (Lipinski definition) is 3. The lowest BCUT2D eigenvalue weighted by molar-refractivity contribution is -0.142. The second kappa shape index (κ2) is 9.56. The molecule has 0 aliphatic carbocycles. The maximum Gasteiger partial charge on any atom is 0.326 e. The maximum absolute atomic E-state index is 12.4. The van der Waals surface area contributed by atoms with Gasteiger partial charge in [0.25, 0.3) is 0 Å². The van der Waals surface area contributed by atoms with Crippen LogP contribution >= 0.6 is 0 Å². The van der Waals surface area contributed by atoms with Crippen LogP contribution < -0.4 is 16.0 Å². The van der Waals surface area contributed by atoms with Crippen LogP contribution in [0.5, 0.6) is 0 Å². The molecule has 0 aromatic heterocycles. The molecule has 7 heteroatoms. The summed E-state index contributed by atoms with van der Waals surface area (Å²) in [6.07, 6.45) is 0.150. The van der Waals surface area contributed by atoms with Crippen LogP contribution in [0.3, 0.4) is 0 Å². The highest BCUT2D eigenvalue weighted by atomic mass is 16.4. The molecule has 0 fully saturated rings. The van der Waals surface area contributed by atoms with Gasteiger partial charge in [-0.05, 0) is 23.9 Å². The zero-order valence-corrected chi connectivity index (χ0v) is 16.5. The first-order chi connectivity index (χ1) is 14.4. The summed E-state index contributed by atoms with van der Waals surface area (Å²) < 4.78 is 0. The molecule has 0 saturated heterocycles. The van der Waals surface area contributed by atoms with E-state index in [-0.39, 0.29) is 6.42 Å². The number of carbonyl (C=O) groups is 3. The van der Waals surface area contributed by atoms with Crippen molar-refractivity contribution in [3.05, 3.63) is 78.4 Å². The summed E-state index contributed by atoms with van der Waals surface area (Å²) in [4.78, 5) is 36.3. The molecule has 0 radical (unpaired) electrons. The Kier molecular flexibility index (Phi) is 6.64. The van der Waals surface area contributed by atoms with Gasteiger partial charge in [0.05, 0.1) is 5.69 Å². The first kappa shape index (κ1) is 20.9. The van der Waals surface area contributed by atoms with E-state index in [0.29, 0.717) is 5.69 Å². The van der Waals surface area contributed by atoms with Crippen LogP contribution in [0.25, 0.3) is 10.8 Å². The van der Waals surface area contributed by atoms with E-state index in [1.807, 2.05) is 42.5 Å². The summed E-state index contributed by atoms with van der Waals surface area (Å²) in [5, 5.41) is 19.1. The molecule has 2 unspecified atom stereocenters. The van der Waals surface area contributed by atoms with E-state index in [4.69, 9.17) is 0 Å². The third-order valence-electron chi connectivity index (χ3n) is 4.68. The molecule has 4 N–H and O–H groups in total. The number of carbonyl (C=O) groups excluding carboxylic acids is 2. The molecular formula is C23H23N3O4. The van der Waals surface area contributed by atoms with E-state index in [2.05, 4.69) is 16.0 Å². The number of benzene rings is 3. The Morgan fingerprint density at radius 1 is 0.867 bits per heavy atom. The molecule has 30 heavy (non-hydrogen) atoms. The van der Waals surface area contributed by atoms with Gasteiger partial charge in [-0.15, -0.1) is 0 Å². The summed E-state index contributed by atoms with van der Waals surface area (Å²) in [7, 11) is 0. The van der Waals surface area contributed by atoms with E-state index in [0.717, 1.165) is 16.3 Å². The van der Waals surface area contributed by atoms with Crippen LogP contribution in [0.2, 0.25) is 0 Å². The molecule has 0 aliphatic rings. The smallest absolute Gasteiger partial charge is 0.326 e. The van der Waals surface area contributed by atoms with Gasteiger partial charge in [-0.25, -0.2) is 9.59 Å². The molecule has 0 aliphatic heterocycles. The number of carboxylic acids is 1. The lowest BCUT2D eigenvalue weighted by Gasteiger charge is -2.19. The molecule has 3 aromatic carbocycles. The van der Waals surface area contributed by atoms with E-state index in [1.165, 1.54) is 6.92 Å². The molecular weight excluding hydrogens is 382 g/mol. The minimum absolute atomic E-state index is 0.150. The Bertz CT molecular complexity index is 1050. The predicted octanol–water partition coefficient (Wildman–Crippen LogP) is 3.16. The second-order valence-corrected chi connectivity index (χ2v) is 6.94. The van der Waals surface area contributed by atoms with E-state index < -0.39 is 30.0 Å². The van der Waals surface area contributed by atoms with Crippen LogP contribution in [0, 0.1) is 0 Å². The highest BCUT2D eigenvalue weighted by Gasteiger charge is 2.24. The van der Waals surface area contributed by atoms with E-state index in [1.54, 1.807) is 30.3 Å². The summed E-state index contributed by atoms with van der Waals surface area (Å²) in [6.45, 7) is 1.50. The number of carboxylic acid groups (broad SMARTS) is 1. The SMILES string of the molecule is CC(NC(=O)Nc1cccc2ccccc12)C(=O)NC(Cc1ccccc1)C(=O)O. The number of anilines is 1. The molecule has 154 valence electrons. The minimum Gasteiger partial charge on any atom is -0.480 e. The molecule has 0 heterocycles. The number of nitrogens with one attached hydrogen (secondary N) is 3. The Hall–Kier alpha value is -3.87. The first-order valence-electron chi connectivity index (χ1n) is 9.56. The monoisotopic (exact) mass is 405 g/mol. The zero-order valence-electron chi connectivity index (χ0n) is 16.5. The van der Waals surface area contributed by atoms with Crippen molar-refractivity contribution in [3.8, 4) is 0 Å². The molecule has 3 rings (SSSR count). The van der Waals surface area contributed by atoms with Crippen LogP contribution in [-0.4, -0.2) is 35.1 Å². The highest BCUT2D eigenvalue weighted by molar-refractivity contribution is 6.02. The number of rotatable bonds is 7. The fraction of sp³-hybridized carbons (Fsp3) is 0.174. The Balaban J connectivity index is 1.60. The molecule has 0 bridgehead atoms. The first-order valence-corrected chi connectivity index (χ1v) is 9.56. The third-order valence-corrected chi connectivity index (χ3v) is 4.68. The van der Waals surface area contributed by atoms with Crippen molar-refractivity contribution in [2.24, 2.45) is 0 Å². The topological polar surface area (TPSA) is 108 Å². The van der Waals surface area contributed by atoms with Crippen molar-refractivity contribution in [2.45, 2.75) is 25.4 Å². The standard InChI is InChI=1S/C23H23N3O4/c1-15(21(27)25-20(22(28)29)14-16-8-3-2-4-9-16)24-23(30)26-19-13-7-11-17-10-5-6-12-18(17)19/h2-13,15,20H,14H2,1H3,(H,25,27)(H,28,29)(H2,24,26,30). The van der Waals surface area contributed by atoms with Crippen LogP contribution in [0.1, 0.15) is 12.5 Å². The minimum atomic E-state index is -1.14.